The second-order valence-electron chi connectivity index (χ2n) is 6.58. The number of aliphatic imine (C=N–C) groups is 1. The van der Waals surface area contributed by atoms with E-state index in [1.54, 1.807) is 13.1 Å². The standard InChI is InChI=1S/C19H26FN3O3/c1-12(10-25-15-6-7-24-11-15)23-19(21-3)22-9-18-13(2)16-8-14(20)4-5-17(16)26-18/h4-5,8,12,15H,6-7,9-11H2,1-3H3,(H2,21,22,23). The van der Waals surface area contributed by atoms with Crippen molar-refractivity contribution in [3.63, 3.8) is 0 Å². The molecule has 1 saturated heterocycles. The zero-order valence-corrected chi connectivity index (χ0v) is 15.5. The van der Waals surface area contributed by atoms with Crippen LogP contribution in [0.3, 0.4) is 0 Å². The number of hydrogen-bond donors (Lipinski definition) is 2. The lowest BCUT2D eigenvalue weighted by atomic mass is 10.1. The summed E-state index contributed by atoms with van der Waals surface area (Å²) in [6, 6.07) is 4.66. The van der Waals surface area contributed by atoms with E-state index in [0.29, 0.717) is 31.3 Å². The van der Waals surface area contributed by atoms with Crippen molar-refractivity contribution in [1.82, 2.24) is 10.6 Å². The molecule has 0 radical (unpaired) electrons. The normalized spacial score (nSPS) is 19.1. The highest BCUT2D eigenvalue weighted by Gasteiger charge is 2.17. The quantitative estimate of drug-likeness (QED) is 0.610. The largest absolute Gasteiger partial charge is 0.459 e. The average Bonchev–Trinajstić information content (AvgIpc) is 3.25. The average molecular weight is 363 g/mol. The molecule has 1 aromatic carbocycles. The summed E-state index contributed by atoms with van der Waals surface area (Å²) in [7, 11) is 1.72. The molecule has 3 rings (SSSR count). The molecule has 7 heteroatoms. The Morgan fingerprint density at radius 2 is 2.31 bits per heavy atom. The van der Waals surface area contributed by atoms with Crippen LogP contribution in [-0.4, -0.2) is 45.0 Å². The number of rotatable bonds is 6. The molecule has 2 atom stereocenters. The molecule has 0 bridgehead atoms. The van der Waals surface area contributed by atoms with Crippen molar-refractivity contribution >= 4 is 16.9 Å². The first-order valence-electron chi connectivity index (χ1n) is 8.91. The van der Waals surface area contributed by atoms with Crippen molar-refractivity contribution in [2.45, 2.75) is 39.0 Å². The Labute approximate surface area is 152 Å². The summed E-state index contributed by atoms with van der Waals surface area (Å²) in [6.45, 7) is 6.46. The lowest BCUT2D eigenvalue weighted by molar-refractivity contribution is 0.0347. The highest BCUT2D eigenvalue weighted by Crippen LogP contribution is 2.25. The fourth-order valence-electron chi connectivity index (χ4n) is 2.97. The summed E-state index contributed by atoms with van der Waals surface area (Å²) in [5.41, 5.74) is 1.62. The van der Waals surface area contributed by atoms with Crippen LogP contribution in [0, 0.1) is 12.7 Å². The van der Waals surface area contributed by atoms with E-state index < -0.39 is 0 Å². The van der Waals surface area contributed by atoms with Gasteiger partial charge in [0.1, 0.15) is 17.2 Å². The number of fused-ring (bicyclic) bond motifs is 1. The molecule has 1 fully saturated rings. The van der Waals surface area contributed by atoms with Crippen molar-refractivity contribution in [3.8, 4) is 0 Å². The second-order valence-corrected chi connectivity index (χ2v) is 6.58. The van der Waals surface area contributed by atoms with Gasteiger partial charge in [-0.05, 0) is 38.5 Å². The minimum Gasteiger partial charge on any atom is -0.459 e. The van der Waals surface area contributed by atoms with Gasteiger partial charge in [-0.1, -0.05) is 0 Å². The Morgan fingerprint density at radius 3 is 3.04 bits per heavy atom. The van der Waals surface area contributed by atoms with Crippen molar-refractivity contribution in [1.29, 1.82) is 0 Å². The summed E-state index contributed by atoms with van der Waals surface area (Å²) >= 11 is 0. The lowest BCUT2D eigenvalue weighted by Gasteiger charge is -2.19. The fraction of sp³-hybridized carbons (Fsp3) is 0.526. The molecule has 1 aliphatic heterocycles. The highest BCUT2D eigenvalue weighted by molar-refractivity contribution is 5.83. The molecule has 0 amide bonds. The fourth-order valence-corrected chi connectivity index (χ4v) is 2.97. The smallest absolute Gasteiger partial charge is 0.191 e. The zero-order chi connectivity index (χ0) is 18.5. The van der Waals surface area contributed by atoms with Gasteiger partial charge in [0, 0.05) is 30.6 Å². The minimum atomic E-state index is -0.264. The van der Waals surface area contributed by atoms with Crippen LogP contribution in [0.15, 0.2) is 27.6 Å². The summed E-state index contributed by atoms with van der Waals surface area (Å²) in [5, 5.41) is 7.32. The maximum absolute atomic E-state index is 13.4. The van der Waals surface area contributed by atoms with Gasteiger partial charge in [-0.15, -0.1) is 0 Å². The van der Waals surface area contributed by atoms with Crippen LogP contribution in [-0.2, 0) is 16.0 Å². The number of halogens is 1. The number of ether oxygens (including phenoxy) is 2. The molecule has 26 heavy (non-hydrogen) atoms. The zero-order valence-electron chi connectivity index (χ0n) is 15.5. The van der Waals surface area contributed by atoms with Crippen LogP contribution in [0.5, 0.6) is 0 Å². The van der Waals surface area contributed by atoms with Gasteiger partial charge in [0.05, 0.1) is 25.9 Å². The van der Waals surface area contributed by atoms with Crippen LogP contribution < -0.4 is 10.6 Å². The van der Waals surface area contributed by atoms with Gasteiger partial charge in [0.15, 0.2) is 5.96 Å². The number of hydrogen-bond acceptors (Lipinski definition) is 4. The van der Waals surface area contributed by atoms with E-state index >= 15 is 0 Å². The third-order valence-corrected chi connectivity index (χ3v) is 4.49. The molecule has 0 aliphatic carbocycles. The van der Waals surface area contributed by atoms with Crippen molar-refractivity contribution in [3.05, 3.63) is 35.3 Å². The molecule has 2 aromatic rings. The van der Waals surface area contributed by atoms with Gasteiger partial charge in [0.2, 0.25) is 0 Å². The van der Waals surface area contributed by atoms with E-state index in [-0.39, 0.29) is 18.0 Å². The van der Waals surface area contributed by atoms with Gasteiger partial charge < -0.3 is 24.5 Å². The van der Waals surface area contributed by atoms with E-state index in [0.717, 1.165) is 29.7 Å². The monoisotopic (exact) mass is 363 g/mol. The van der Waals surface area contributed by atoms with Crippen LogP contribution in [0.25, 0.3) is 11.0 Å². The highest BCUT2D eigenvalue weighted by atomic mass is 19.1. The van der Waals surface area contributed by atoms with Crippen LogP contribution >= 0.6 is 0 Å². The van der Waals surface area contributed by atoms with E-state index in [9.17, 15) is 4.39 Å². The number of nitrogens with one attached hydrogen (secondary N) is 2. The molecular formula is C19H26FN3O3. The molecule has 0 spiro atoms. The van der Waals surface area contributed by atoms with Gasteiger partial charge in [-0.25, -0.2) is 4.39 Å². The SMILES string of the molecule is CN=C(NCc1oc2ccc(F)cc2c1C)NC(C)COC1CCOC1. The van der Waals surface area contributed by atoms with Crippen LogP contribution in [0.4, 0.5) is 4.39 Å². The Balaban J connectivity index is 1.53. The first-order chi connectivity index (χ1) is 12.6. The van der Waals surface area contributed by atoms with Crippen LogP contribution in [0.1, 0.15) is 24.7 Å². The Morgan fingerprint density at radius 1 is 1.46 bits per heavy atom. The second kappa shape index (κ2) is 8.51. The summed E-state index contributed by atoms with van der Waals surface area (Å²) < 4.78 is 30.4. The van der Waals surface area contributed by atoms with Gasteiger partial charge in [-0.3, -0.25) is 4.99 Å². The first kappa shape index (κ1) is 18.7. The maximum Gasteiger partial charge on any atom is 0.191 e. The van der Waals surface area contributed by atoms with Crippen molar-refractivity contribution in [2.75, 3.05) is 26.9 Å². The Kier molecular flexibility index (Phi) is 6.11. The molecule has 1 aromatic heterocycles. The third kappa shape index (κ3) is 4.53. The number of benzene rings is 1. The topological polar surface area (TPSA) is 68.0 Å². The predicted molar refractivity (Wildman–Crippen MR) is 98.9 cm³/mol. The molecule has 0 saturated carbocycles. The minimum absolute atomic E-state index is 0.104. The van der Waals surface area contributed by atoms with Gasteiger partial charge >= 0.3 is 0 Å². The molecule has 6 nitrogen and oxygen atoms in total. The Bertz CT molecular complexity index is 769. The third-order valence-electron chi connectivity index (χ3n) is 4.49. The number of nitrogens with zero attached hydrogens (tertiary/aromatic N) is 1. The summed E-state index contributed by atoms with van der Waals surface area (Å²) in [6.07, 6.45) is 1.14. The Hall–Kier alpha value is -2.12. The molecule has 142 valence electrons. The van der Waals surface area contributed by atoms with E-state index in [1.807, 2.05) is 13.8 Å². The number of furan rings is 1. The summed E-state index contributed by atoms with van der Waals surface area (Å²) in [5.74, 6) is 1.16. The predicted octanol–water partition coefficient (Wildman–Crippen LogP) is 2.74. The molecule has 2 unspecified atom stereocenters. The maximum atomic E-state index is 13.4. The van der Waals surface area contributed by atoms with Crippen molar-refractivity contribution in [2.24, 2.45) is 4.99 Å². The van der Waals surface area contributed by atoms with Crippen molar-refractivity contribution < 1.29 is 18.3 Å². The number of aryl methyl sites for hydroxylation is 1. The summed E-state index contributed by atoms with van der Waals surface area (Å²) in [4.78, 5) is 4.23. The van der Waals surface area contributed by atoms with Gasteiger partial charge in [-0.2, -0.15) is 0 Å². The molecular weight excluding hydrogens is 337 g/mol. The molecule has 2 heterocycles. The van der Waals surface area contributed by atoms with E-state index in [4.69, 9.17) is 13.9 Å². The first-order valence-corrected chi connectivity index (χ1v) is 8.91. The number of guanidine groups is 1. The van der Waals surface area contributed by atoms with E-state index in [1.165, 1.54) is 12.1 Å². The lowest BCUT2D eigenvalue weighted by Crippen LogP contribution is -2.44. The van der Waals surface area contributed by atoms with Gasteiger partial charge in [0.25, 0.3) is 0 Å². The van der Waals surface area contributed by atoms with Crippen LogP contribution in [0.2, 0.25) is 0 Å². The molecule has 2 N–H and O–H groups in total. The molecule has 1 aliphatic rings. The van der Waals surface area contributed by atoms with E-state index in [2.05, 4.69) is 15.6 Å².